The maximum atomic E-state index is 12.4. The minimum Gasteiger partial charge on any atom is -0.365 e. The van der Waals surface area contributed by atoms with Crippen LogP contribution in [0.2, 0.25) is 0 Å². The van der Waals surface area contributed by atoms with Crippen molar-refractivity contribution in [3.8, 4) is 0 Å². The molecule has 1 aromatic rings. The average molecular weight is 242 g/mol. The van der Waals surface area contributed by atoms with Gasteiger partial charge in [-0.05, 0) is 13.8 Å². The van der Waals surface area contributed by atoms with Crippen LogP contribution in [-0.2, 0) is 0 Å². The molecule has 0 amide bonds. The van der Waals surface area contributed by atoms with E-state index in [-0.39, 0.29) is 6.04 Å². The molecule has 1 saturated heterocycles. The highest BCUT2D eigenvalue weighted by molar-refractivity contribution is 5.36. The van der Waals surface area contributed by atoms with Gasteiger partial charge in [0.05, 0.1) is 12.1 Å². The van der Waals surface area contributed by atoms with Crippen LogP contribution < -0.4 is 5.32 Å². The molecule has 0 bridgehead atoms. The molecule has 0 saturated carbocycles. The first-order chi connectivity index (χ1) is 8.06. The summed E-state index contributed by atoms with van der Waals surface area (Å²) in [5, 5.41) is 3.21. The fraction of sp³-hybridized carbons (Fsp3) is 0.636. The van der Waals surface area contributed by atoms with Gasteiger partial charge in [0.25, 0.3) is 6.43 Å². The monoisotopic (exact) mass is 242 g/mol. The summed E-state index contributed by atoms with van der Waals surface area (Å²) >= 11 is 0. The number of halogens is 2. The number of nitrogens with one attached hydrogen (secondary N) is 1. The lowest BCUT2D eigenvalue weighted by Gasteiger charge is -2.43. The molecule has 1 unspecified atom stereocenters. The Morgan fingerprint density at radius 3 is 2.71 bits per heavy atom. The zero-order valence-electron chi connectivity index (χ0n) is 9.90. The second-order valence-corrected chi connectivity index (χ2v) is 4.41. The van der Waals surface area contributed by atoms with Gasteiger partial charge in [-0.25, -0.2) is 18.7 Å². The quantitative estimate of drug-likeness (QED) is 0.869. The van der Waals surface area contributed by atoms with Crippen LogP contribution in [0.25, 0.3) is 0 Å². The molecule has 1 fully saturated rings. The molecule has 0 radical (unpaired) electrons. The molecule has 2 heterocycles. The van der Waals surface area contributed by atoms with Crippen molar-refractivity contribution in [1.29, 1.82) is 0 Å². The second kappa shape index (κ2) is 4.91. The number of hydrogen-bond acceptors (Lipinski definition) is 4. The number of alkyl halides is 2. The summed E-state index contributed by atoms with van der Waals surface area (Å²) < 4.78 is 24.8. The molecule has 6 heteroatoms. The van der Waals surface area contributed by atoms with Crippen LogP contribution >= 0.6 is 0 Å². The molecule has 1 atom stereocenters. The van der Waals surface area contributed by atoms with Crippen LogP contribution in [-0.4, -0.2) is 46.5 Å². The van der Waals surface area contributed by atoms with Gasteiger partial charge in [0.15, 0.2) is 0 Å². The van der Waals surface area contributed by atoms with Crippen LogP contribution in [0.15, 0.2) is 12.4 Å². The third kappa shape index (κ3) is 2.88. The zero-order chi connectivity index (χ0) is 12.4. The van der Waals surface area contributed by atoms with Crippen LogP contribution in [0, 0.1) is 6.92 Å². The van der Waals surface area contributed by atoms with E-state index in [9.17, 15) is 8.78 Å². The number of anilines is 1. The molecule has 1 aromatic heterocycles. The largest absolute Gasteiger partial charge is 0.365 e. The standard InChI is InChI=1S/C11H16F2N4/c1-7-3-10(15-6-14-7)16-9-4-17(5-9)8(2)11(12)13/h3,6,8-9,11H,4-5H2,1-2H3,(H,14,15,16). The van der Waals surface area contributed by atoms with Gasteiger partial charge in [-0.15, -0.1) is 0 Å². The first-order valence-corrected chi connectivity index (χ1v) is 5.63. The lowest BCUT2D eigenvalue weighted by molar-refractivity contribution is -0.000760. The van der Waals surface area contributed by atoms with Gasteiger partial charge in [0.1, 0.15) is 12.1 Å². The van der Waals surface area contributed by atoms with Crippen molar-refractivity contribution in [3.05, 3.63) is 18.1 Å². The Morgan fingerprint density at radius 2 is 2.12 bits per heavy atom. The minimum atomic E-state index is -2.28. The van der Waals surface area contributed by atoms with E-state index in [0.717, 1.165) is 11.5 Å². The predicted octanol–water partition coefficient (Wildman–Crippen LogP) is 1.53. The van der Waals surface area contributed by atoms with E-state index < -0.39 is 12.5 Å². The van der Waals surface area contributed by atoms with Crippen LogP contribution in [0.5, 0.6) is 0 Å². The normalized spacial score (nSPS) is 19.1. The molecule has 0 spiro atoms. The Kier molecular flexibility index (Phi) is 3.51. The van der Waals surface area contributed by atoms with Crippen molar-refractivity contribution in [3.63, 3.8) is 0 Å². The summed E-state index contributed by atoms with van der Waals surface area (Å²) in [6, 6.07) is 1.38. The number of aromatic nitrogens is 2. The van der Waals surface area contributed by atoms with Crippen molar-refractivity contribution in [1.82, 2.24) is 14.9 Å². The first-order valence-electron chi connectivity index (χ1n) is 5.63. The summed E-state index contributed by atoms with van der Waals surface area (Å²) in [6.07, 6.45) is -0.784. The summed E-state index contributed by atoms with van der Waals surface area (Å²) in [5.41, 5.74) is 0.889. The Hall–Kier alpha value is -1.30. The second-order valence-electron chi connectivity index (χ2n) is 4.41. The minimum absolute atomic E-state index is 0.200. The highest BCUT2D eigenvalue weighted by atomic mass is 19.3. The average Bonchev–Trinajstić information content (AvgIpc) is 2.22. The van der Waals surface area contributed by atoms with Crippen LogP contribution in [0.1, 0.15) is 12.6 Å². The highest BCUT2D eigenvalue weighted by Crippen LogP contribution is 2.19. The van der Waals surface area contributed by atoms with Crippen molar-refractivity contribution in [2.45, 2.75) is 32.4 Å². The van der Waals surface area contributed by atoms with Crippen molar-refractivity contribution >= 4 is 5.82 Å². The smallest absolute Gasteiger partial charge is 0.253 e. The predicted molar refractivity (Wildman–Crippen MR) is 61.2 cm³/mol. The third-order valence-electron chi connectivity index (χ3n) is 3.01. The van der Waals surface area contributed by atoms with E-state index in [0.29, 0.717) is 13.1 Å². The van der Waals surface area contributed by atoms with Crippen LogP contribution in [0.4, 0.5) is 14.6 Å². The Labute approximate surface area is 99.1 Å². The van der Waals surface area contributed by atoms with Gasteiger partial charge in [-0.2, -0.15) is 0 Å². The molecule has 94 valence electrons. The molecule has 17 heavy (non-hydrogen) atoms. The maximum Gasteiger partial charge on any atom is 0.253 e. The molecule has 2 rings (SSSR count). The summed E-state index contributed by atoms with van der Waals surface area (Å²) in [5.74, 6) is 0.756. The van der Waals surface area contributed by atoms with E-state index in [4.69, 9.17) is 0 Å². The molecule has 4 nitrogen and oxygen atoms in total. The van der Waals surface area contributed by atoms with Crippen molar-refractivity contribution in [2.24, 2.45) is 0 Å². The number of hydrogen-bond donors (Lipinski definition) is 1. The first kappa shape index (κ1) is 12.2. The molecular formula is C11H16F2N4. The summed E-state index contributed by atoms with van der Waals surface area (Å²) in [6.45, 7) is 4.71. The van der Waals surface area contributed by atoms with Gasteiger partial charge in [-0.1, -0.05) is 0 Å². The molecule has 1 N–H and O–H groups in total. The lowest BCUT2D eigenvalue weighted by atomic mass is 10.1. The fourth-order valence-electron chi connectivity index (χ4n) is 1.84. The highest BCUT2D eigenvalue weighted by Gasteiger charge is 2.34. The Bertz CT molecular complexity index is 379. The third-order valence-corrected chi connectivity index (χ3v) is 3.01. The van der Waals surface area contributed by atoms with Gasteiger partial charge >= 0.3 is 0 Å². The van der Waals surface area contributed by atoms with E-state index in [1.165, 1.54) is 6.33 Å². The van der Waals surface area contributed by atoms with Gasteiger partial charge in [0, 0.05) is 24.8 Å². The molecule has 0 aliphatic carbocycles. The molecule has 1 aliphatic heterocycles. The Balaban J connectivity index is 1.81. The number of aryl methyl sites for hydroxylation is 1. The van der Waals surface area contributed by atoms with E-state index >= 15 is 0 Å². The zero-order valence-corrected chi connectivity index (χ0v) is 9.90. The SMILES string of the molecule is Cc1cc(NC2CN(C(C)C(F)F)C2)ncn1. The van der Waals surface area contributed by atoms with Crippen molar-refractivity contribution in [2.75, 3.05) is 18.4 Å². The number of nitrogens with zero attached hydrogens (tertiary/aromatic N) is 3. The molecular weight excluding hydrogens is 226 g/mol. The summed E-state index contributed by atoms with van der Waals surface area (Å²) in [4.78, 5) is 9.83. The Morgan fingerprint density at radius 1 is 1.41 bits per heavy atom. The number of likely N-dealkylation sites (tertiary alicyclic amines) is 1. The van der Waals surface area contributed by atoms with Crippen molar-refractivity contribution < 1.29 is 8.78 Å². The maximum absolute atomic E-state index is 12.4. The lowest BCUT2D eigenvalue weighted by Crippen LogP contribution is -2.59. The van der Waals surface area contributed by atoms with Gasteiger partial charge in [0.2, 0.25) is 0 Å². The van der Waals surface area contributed by atoms with E-state index in [1.54, 1.807) is 11.8 Å². The van der Waals surface area contributed by atoms with Crippen LogP contribution in [0.3, 0.4) is 0 Å². The van der Waals surface area contributed by atoms with E-state index in [2.05, 4.69) is 15.3 Å². The molecule has 1 aliphatic rings. The number of rotatable bonds is 4. The molecule has 0 aromatic carbocycles. The van der Waals surface area contributed by atoms with E-state index in [1.807, 2.05) is 13.0 Å². The topological polar surface area (TPSA) is 41.0 Å². The van der Waals surface area contributed by atoms with Gasteiger partial charge < -0.3 is 5.32 Å². The fourth-order valence-corrected chi connectivity index (χ4v) is 1.84. The van der Waals surface area contributed by atoms with Gasteiger partial charge in [-0.3, -0.25) is 4.90 Å². The summed E-state index contributed by atoms with van der Waals surface area (Å²) in [7, 11) is 0.